The molecule has 0 amide bonds. The first-order valence-corrected chi connectivity index (χ1v) is 7.85. The maximum absolute atomic E-state index is 9.27. The second-order valence-corrected chi connectivity index (χ2v) is 6.93. The molecule has 0 spiro atoms. The summed E-state index contributed by atoms with van der Waals surface area (Å²) >= 11 is 1.97. The van der Waals surface area contributed by atoms with E-state index in [1.165, 1.54) is 50.2 Å². The van der Waals surface area contributed by atoms with Crippen LogP contribution in [-0.4, -0.2) is 34.9 Å². The summed E-state index contributed by atoms with van der Waals surface area (Å²) in [6.07, 6.45) is 5.53. The number of hydrogen-bond donors (Lipinski definition) is 1. The Kier molecular flexibility index (Phi) is 3.80. The monoisotopic (exact) mass is 263 g/mol. The molecular formula is C15H21NOS. The minimum atomic E-state index is 0.360. The van der Waals surface area contributed by atoms with Crippen molar-refractivity contribution < 1.29 is 5.11 Å². The Bertz CT molecular complexity index is 380. The molecule has 0 unspecified atom stereocenters. The molecule has 0 atom stereocenters. The van der Waals surface area contributed by atoms with E-state index in [9.17, 15) is 5.11 Å². The predicted octanol–water partition coefficient (Wildman–Crippen LogP) is 3.36. The number of aromatic hydroxyl groups is 1. The summed E-state index contributed by atoms with van der Waals surface area (Å²) in [4.78, 5) is 3.93. The number of piperidine rings is 1. The van der Waals surface area contributed by atoms with Crippen LogP contribution in [0.3, 0.4) is 0 Å². The molecule has 1 aromatic carbocycles. The minimum Gasteiger partial charge on any atom is -0.508 e. The maximum atomic E-state index is 9.27. The zero-order valence-corrected chi connectivity index (χ0v) is 11.5. The van der Waals surface area contributed by atoms with E-state index in [1.807, 2.05) is 23.9 Å². The van der Waals surface area contributed by atoms with E-state index in [2.05, 4.69) is 4.90 Å². The Morgan fingerprint density at radius 1 is 1.06 bits per heavy atom. The van der Waals surface area contributed by atoms with Crippen LogP contribution in [0.25, 0.3) is 0 Å². The van der Waals surface area contributed by atoms with Gasteiger partial charge in [-0.25, -0.2) is 0 Å². The molecule has 1 aliphatic carbocycles. The number of likely N-dealkylation sites (tertiary alicyclic amines) is 1. The van der Waals surface area contributed by atoms with Gasteiger partial charge in [0.05, 0.1) is 0 Å². The molecule has 1 heterocycles. The number of rotatable bonds is 4. The van der Waals surface area contributed by atoms with Crippen LogP contribution in [-0.2, 0) is 0 Å². The fourth-order valence-corrected chi connectivity index (χ4v) is 3.72. The van der Waals surface area contributed by atoms with Crippen LogP contribution < -0.4 is 0 Å². The molecule has 0 radical (unpaired) electrons. The smallest absolute Gasteiger partial charge is 0.115 e. The molecule has 18 heavy (non-hydrogen) atoms. The normalized spacial score (nSPS) is 22.2. The van der Waals surface area contributed by atoms with E-state index in [0.29, 0.717) is 5.75 Å². The summed E-state index contributed by atoms with van der Waals surface area (Å²) in [7, 11) is 0. The number of phenols is 1. The molecule has 1 aromatic rings. The fraction of sp³-hybridized carbons (Fsp3) is 0.600. The van der Waals surface area contributed by atoms with Gasteiger partial charge in [0.25, 0.3) is 0 Å². The highest BCUT2D eigenvalue weighted by molar-refractivity contribution is 8.00. The Morgan fingerprint density at radius 2 is 1.72 bits per heavy atom. The van der Waals surface area contributed by atoms with Crippen LogP contribution in [0.1, 0.15) is 25.7 Å². The van der Waals surface area contributed by atoms with Gasteiger partial charge in [-0.05, 0) is 69.0 Å². The summed E-state index contributed by atoms with van der Waals surface area (Å²) < 4.78 is 0. The number of thioether (sulfide) groups is 1. The lowest BCUT2D eigenvalue weighted by Crippen LogP contribution is -2.36. The topological polar surface area (TPSA) is 23.5 Å². The second-order valence-electron chi connectivity index (χ2n) is 5.56. The lowest BCUT2D eigenvalue weighted by Gasteiger charge is -2.31. The third kappa shape index (κ3) is 3.42. The Morgan fingerprint density at radius 3 is 2.33 bits per heavy atom. The van der Waals surface area contributed by atoms with E-state index < -0.39 is 0 Å². The third-order valence-electron chi connectivity index (χ3n) is 3.89. The van der Waals surface area contributed by atoms with Gasteiger partial charge in [-0.2, -0.15) is 0 Å². The van der Waals surface area contributed by atoms with Crippen LogP contribution in [0.15, 0.2) is 29.2 Å². The van der Waals surface area contributed by atoms with E-state index in [1.54, 1.807) is 12.1 Å². The van der Waals surface area contributed by atoms with Crippen molar-refractivity contribution in [3.63, 3.8) is 0 Å². The van der Waals surface area contributed by atoms with Crippen molar-refractivity contribution in [3.05, 3.63) is 24.3 Å². The van der Waals surface area contributed by atoms with Crippen molar-refractivity contribution in [1.29, 1.82) is 0 Å². The summed E-state index contributed by atoms with van der Waals surface area (Å²) in [6.45, 7) is 3.88. The molecule has 1 aliphatic heterocycles. The number of nitrogens with zero attached hydrogens (tertiary/aromatic N) is 1. The van der Waals surface area contributed by atoms with Gasteiger partial charge < -0.3 is 10.0 Å². The SMILES string of the molecule is Oc1ccc(SC2CCN(CC3CC3)CC2)cc1. The van der Waals surface area contributed by atoms with Crippen LogP contribution >= 0.6 is 11.8 Å². The van der Waals surface area contributed by atoms with Crippen molar-refractivity contribution in [3.8, 4) is 5.75 Å². The van der Waals surface area contributed by atoms with Gasteiger partial charge >= 0.3 is 0 Å². The van der Waals surface area contributed by atoms with E-state index in [0.717, 1.165) is 11.2 Å². The van der Waals surface area contributed by atoms with Crippen molar-refractivity contribution >= 4 is 11.8 Å². The zero-order valence-electron chi connectivity index (χ0n) is 10.7. The molecule has 0 bridgehead atoms. The lowest BCUT2D eigenvalue weighted by atomic mass is 10.1. The highest BCUT2D eigenvalue weighted by Gasteiger charge is 2.27. The van der Waals surface area contributed by atoms with Crippen LogP contribution in [0.4, 0.5) is 0 Å². The van der Waals surface area contributed by atoms with Crippen molar-refractivity contribution in [2.75, 3.05) is 19.6 Å². The molecule has 2 fully saturated rings. The molecule has 2 nitrogen and oxygen atoms in total. The molecule has 1 saturated heterocycles. The van der Waals surface area contributed by atoms with E-state index in [4.69, 9.17) is 0 Å². The van der Waals surface area contributed by atoms with Gasteiger partial charge in [0, 0.05) is 16.7 Å². The highest BCUT2D eigenvalue weighted by Crippen LogP contribution is 2.34. The second kappa shape index (κ2) is 5.54. The first-order chi connectivity index (χ1) is 8.79. The minimum absolute atomic E-state index is 0.360. The lowest BCUT2D eigenvalue weighted by molar-refractivity contribution is 0.224. The van der Waals surface area contributed by atoms with Crippen molar-refractivity contribution in [1.82, 2.24) is 4.90 Å². The number of hydrogen-bond acceptors (Lipinski definition) is 3. The van der Waals surface area contributed by atoms with Crippen LogP contribution in [0, 0.1) is 5.92 Å². The molecule has 2 aliphatic rings. The Hall–Kier alpha value is -0.670. The predicted molar refractivity (Wildman–Crippen MR) is 76.1 cm³/mol. The quantitative estimate of drug-likeness (QED) is 0.901. The van der Waals surface area contributed by atoms with Crippen molar-refractivity contribution in [2.45, 2.75) is 35.8 Å². The fourth-order valence-electron chi connectivity index (χ4n) is 2.59. The summed E-state index contributed by atoms with van der Waals surface area (Å²) in [5, 5.41) is 10.0. The average molecular weight is 263 g/mol. The van der Waals surface area contributed by atoms with Gasteiger partial charge in [-0.1, -0.05) is 0 Å². The summed E-state index contributed by atoms with van der Waals surface area (Å²) in [5.74, 6) is 1.38. The summed E-state index contributed by atoms with van der Waals surface area (Å²) in [5.41, 5.74) is 0. The number of phenolic OH excluding ortho intramolecular Hbond substituents is 1. The average Bonchev–Trinajstić information content (AvgIpc) is 3.19. The van der Waals surface area contributed by atoms with Crippen molar-refractivity contribution in [2.24, 2.45) is 5.92 Å². The molecular weight excluding hydrogens is 242 g/mol. The van der Waals surface area contributed by atoms with Crippen LogP contribution in [0.2, 0.25) is 0 Å². The van der Waals surface area contributed by atoms with Crippen LogP contribution in [0.5, 0.6) is 5.75 Å². The molecule has 3 heteroatoms. The van der Waals surface area contributed by atoms with Gasteiger partial charge in [-0.3, -0.25) is 0 Å². The largest absolute Gasteiger partial charge is 0.508 e. The van der Waals surface area contributed by atoms with Gasteiger partial charge in [-0.15, -0.1) is 11.8 Å². The zero-order chi connectivity index (χ0) is 12.4. The van der Waals surface area contributed by atoms with Gasteiger partial charge in [0.1, 0.15) is 5.75 Å². The first kappa shape index (κ1) is 12.4. The Balaban J connectivity index is 1.45. The highest BCUT2D eigenvalue weighted by atomic mass is 32.2. The van der Waals surface area contributed by atoms with E-state index in [-0.39, 0.29) is 0 Å². The van der Waals surface area contributed by atoms with Gasteiger partial charge in [0.15, 0.2) is 0 Å². The molecule has 1 saturated carbocycles. The molecule has 3 rings (SSSR count). The Labute approximate surface area is 113 Å². The standard InChI is InChI=1S/C15H21NOS/c17-13-3-5-14(6-4-13)18-15-7-9-16(10-8-15)11-12-1-2-12/h3-6,12,15,17H,1-2,7-11H2. The van der Waals surface area contributed by atoms with E-state index >= 15 is 0 Å². The molecule has 1 N–H and O–H groups in total. The van der Waals surface area contributed by atoms with Gasteiger partial charge in [0.2, 0.25) is 0 Å². The molecule has 98 valence electrons. The maximum Gasteiger partial charge on any atom is 0.115 e. The number of benzene rings is 1. The molecule has 0 aromatic heterocycles. The third-order valence-corrected chi connectivity index (χ3v) is 5.24. The summed E-state index contributed by atoms with van der Waals surface area (Å²) in [6, 6.07) is 7.61. The first-order valence-electron chi connectivity index (χ1n) is 6.97.